The molecule has 0 aliphatic carbocycles. The van der Waals surface area contributed by atoms with Crippen molar-refractivity contribution in [3.63, 3.8) is 0 Å². The number of halogens is 2. The number of rotatable bonds is 3. The molecule has 0 radical (unpaired) electrons. The first kappa shape index (κ1) is 14.3. The third-order valence-electron chi connectivity index (χ3n) is 2.52. The van der Waals surface area contributed by atoms with Crippen molar-refractivity contribution in [2.75, 3.05) is 5.32 Å². The molecule has 4 nitrogen and oxygen atoms in total. The van der Waals surface area contributed by atoms with Gasteiger partial charge in [0.1, 0.15) is 6.61 Å². The van der Waals surface area contributed by atoms with Crippen LogP contribution < -0.4 is 5.32 Å². The van der Waals surface area contributed by atoms with Crippen molar-refractivity contribution < 1.29 is 19.0 Å². The summed E-state index contributed by atoms with van der Waals surface area (Å²) < 4.78 is 18.5. The molecule has 2 rings (SSSR count). The first-order chi connectivity index (χ1) is 9.58. The van der Waals surface area contributed by atoms with Crippen molar-refractivity contribution in [1.29, 1.82) is 0 Å². The van der Waals surface area contributed by atoms with Crippen LogP contribution >= 0.6 is 15.9 Å². The topological polar surface area (TPSA) is 58.6 Å². The highest BCUT2D eigenvalue weighted by Gasteiger charge is 2.13. The van der Waals surface area contributed by atoms with E-state index in [-0.39, 0.29) is 16.8 Å². The minimum Gasteiger partial charge on any atom is -0.503 e. The number of anilines is 1. The Morgan fingerprint density at radius 3 is 2.65 bits per heavy atom. The molecule has 6 heteroatoms. The molecule has 0 aromatic heterocycles. The van der Waals surface area contributed by atoms with Gasteiger partial charge in [-0.2, -0.15) is 0 Å². The van der Waals surface area contributed by atoms with Gasteiger partial charge in [-0.25, -0.2) is 9.18 Å². The molecule has 0 saturated heterocycles. The molecule has 2 N–H and O–H groups in total. The van der Waals surface area contributed by atoms with Gasteiger partial charge in [0, 0.05) is 0 Å². The van der Waals surface area contributed by atoms with E-state index >= 15 is 0 Å². The van der Waals surface area contributed by atoms with E-state index in [4.69, 9.17) is 4.74 Å². The third kappa shape index (κ3) is 3.48. The fourth-order valence-electron chi connectivity index (χ4n) is 1.51. The normalized spacial score (nSPS) is 10.1. The minimum absolute atomic E-state index is 0.0521. The number of nitrogens with one attached hydrogen (secondary N) is 1. The lowest BCUT2D eigenvalue weighted by atomic mass is 10.2. The zero-order valence-corrected chi connectivity index (χ0v) is 11.9. The third-order valence-corrected chi connectivity index (χ3v) is 3.13. The number of phenolic OH excluding ortho intramolecular Hbond substituents is 1. The van der Waals surface area contributed by atoms with Gasteiger partial charge in [-0.15, -0.1) is 0 Å². The molecule has 0 aliphatic rings. The standard InChI is InChI=1S/C14H11BrFNO3/c15-10-6-7-11(13(18)12(10)16)17-14(19)20-8-9-4-2-1-3-5-9/h1-7,18H,8H2,(H,17,19). The van der Waals surface area contributed by atoms with Crippen LogP contribution in [0.1, 0.15) is 5.56 Å². The van der Waals surface area contributed by atoms with Gasteiger partial charge >= 0.3 is 6.09 Å². The van der Waals surface area contributed by atoms with E-state index < -0.39 is 17.7 Å². The Balaban J connectivity index is 1.97. The number of carbonyl (C=O) groups is 1. The maximum atomic E-state index is 13.4. The zero-order valence-electron chi connectivity index (χ0n) is 10.3. The fourth-order valence-corrected chi connectivity index (χ4v) is 1.83. The van der Waals surface area contributed by atoms with Crippen LogP contribution in [0.2, 0.25) is 0 Å². The Bertz CT molecular complexity index is 619. The first-order valence-electron chi connectivity index (χ1n) is 5.72. The highest BCUT2D eigenvalue weighted by Crippen LogP contribution is 2.31. The van der Waals surface area contributed by atoms with Crippen molar-refractivity contribution in [1.82, 2.24) is 0 Å². The maximum Gasteiger partial charge on any atom is 0.412 e. The van der Waals surface area contributed by atoms with Crippen molar-refractivity contribution in [2.45, 2.75) is 6.61 Å². The maximum absolute atomic E-state index is 13.4. The average Bonchev–Trinajstić information content (AvgIpc) is 2.47. The van der Waals surface area contributed by atoms with Crippen molar-refractivity contribution >= 4 is 27.7 Å². The molecule has 0 fully saturated rings. The summed E-state index contributed by atoms with van der Waals surface area (Å²) in [7, 11) is 0. The zero-order chi connectivity index (χ0) is 14.5. The molecule has 0 unspecified atom stereocenters. The quantitative estimate of drug-likeness (QED) is 0.829. The van der Waals surface area contributed by atoms with Crippen LogP contribution in [0.3, 0.4) is 0 Å². The molecule has 0 bridgehead atoms. The van der Waals surface area contributed by atoms with Crippen LogP contribution in [0.25, 0.3) is 0 Å². The number of benzene rings is 2. The second-order valence-corrected chi connectivity index (χ2v) is 4.80. The van der Waals surface area contributed by atoms with E-state index in [1.54, 1.807) is 0 Å². The molecule has 0 aliphatic heterocycles. The van der Waals surface area contributed by atoms with E-state index in [1.165, 1.54) is 12.1 Å². The second kappa shape index (κ2) is 6.38. The number of aromatic hydroxyl groups is 1. The van der Waals surface area contributed by atoms with E-state index in [1.807, 2.05) is 30.3 Å². The van der Waals surface area contributed by atoms with Crippen LogP contribution in [0.5, 0.6) is 5.75 Å². The molecule has 1 amide bonds. The van der Waals surface area contributed by atoms with E-state index in [0.29, 0.717) is 0 Å². The lowest BCUT2D eigenvalue weighted by molar-refractivity contribution is 0.155. The summed E-state index contributed by atoms with van der Waals surface area (Å²) in [5, 5.41) is 11.8. The largest absolute Gasteiger partial charge is 0.503 e. The van der Waals surface area contributed by atoms with E-state index in [9.17, 15) is 14.3 Å². The Labute approximate surface area is 123 Å². The summed E-state index contributed by atoms with van der Waals surface area (Å²) in [6.45, 7) is 0.0897. The van der Waals surface area contributed by atoms with Gasteiger partial charge in [0.15, 0.2) is 11.6 Å². The summed E-state index contributed by atoms with van der Waals surface area (Å²) >= 11 is 2.93. The van der Waals surface area contributed by atoms with Gasteiger partial charge in [-0.05, 0) is 33.6 Å². The molecular formula is C14H11BrFNO3. The molecular weight excluding hydrogens is 329 g/mol. The summed E-state index contributed by atoms with van der Waals surface area (Å²) in [5.41, 5.74) is 0.776. The summed E-state index contributed by atoms with van der Waals surface area (Å²) in [6.07, 6.45) is -0.772. The van der Waals surface area contributed by atoms with E-state index in [2.05, 4.69) is 21.2 Å². The SMILES string of the molecule is O=C(Nc1ccc(Br)c(F)c1O)OCc1ccccc1. The summed E-state index contributed by atoms with van der Waals surface area (Å²) in [5.74, 6) is -1.48. The van der Waals surface area contributed by atoms with Crippen LogP contribution in [0, 0.1) is 5.82 Å². The average molecular weight is 340 g/mol. The van der Waals surface area contributed by atoms with Gasteiger partial charge in [0.2, 0.25) is 0 Å². The molecule has 2 aromatic rings. The van der Waals surface area contributed by atoms with Crippen LogP contribution in [0.15, 0.2) is 46.9 Å². The number of ether oxygens (including phenoxy) is 1. The van der Waals surface area contributed by atoms with Crippen molar-refractivity contribution in [3.8, 4) is 5.75 Å². The van der Waals surface area contributed by atoms with Crippen molar-refractivity contribution in [3.05, 3.63) is 58.3 Å². The summed E-state index contributed by atoms with van der Waals surface area (Å²) in [6, 6.07) is 11.9. The highest BCUT2D eigenvalue weighted by atomic mass is 79.9. The number of hydrogen-bond donors (Lipinski definition) is 2. The number of phenols is 1. The van der Waals surface area contributed by atoms with Gasteiger partial charge < -0.3 is 9.84 Å². The molecule has 0 heterocycles. The molecule has 20 heavy (non-hydrogen) atoms. The van der Waals surface area contributed by atoms with Crippen LogP contribution in [-0.4, -0.2) is 11.2 Å². The Kier molecular flexibility index (Phi) is 4.57. The number of carbonyl (C=O) groups excluding carboxylic acids is 1. The minimum atomic E-state index is -0.842. The number of amides is 1. The molecule has 0 spiro atoms. The molecule has 0 atom stereocenters. The van der Waals surface area contributed by atoms with E-state index in [0.717, 1.165) is 5.56 Å². The van der Waals surface area contributed by atoms with Gasteiger partial charge in [0.25, 0.3) is 0 Å². The second-order valence-electron chi connectivity index (χ2n) is 3.94. The first-order valence-corrected chi connectivity index (χ1v) is 6.52. The van der Waals surface area contributed by atoms with Gasteiger partial charge in [-0.3, -0.25) is 5.32 Å². The van der Waals surface area contributed by atoms with Gasteiger partial charge in [-0.1, -0.05) is 30.3 Å². The smallest absolute Gasteiger partial charge is 0.412 e. The Morgan fingerprint density at radius 2 is 1.95 bits per heavy atom. The molecule has 0 saturated carbocycles. The predicted molar refractivity (Wildman–Crippen MR) is 76.0 cm³/mol. The van der Waals surface area contributed by atoms with Crippen LogP contribution in [0.4, 0.5) is 14.9 Å². The van der Waals surface area contributed by atoms with Crippen molar-refractivity contribution in [2.24, 2.45) is 0 Å². The molecule has 2 aromatic carbocycles. The highest BCUT2D eigenvalue weighted by molar-refractivity contribution is 9.10. The summed E-state index contributed by atoms with van der Waals surface area (Å²) in [4.78, 5) is 11.6. The predicted octanol–water partition coefficient (Wildman–Crippen LogP) is 4.04. The fraction of sp³-hybridized carbons (Fsp3) is 0.0714. The van der Waals surface area contributed by atoms with Crippen LogP contribution in [-0.2, 0) is 11.3 Å². The Morgan fingerprint density at radius 1 is 1.25 bits per heavy atom. The Hall–Kier alpha value is -2.08. The monoisotopic (exact) mass is 339 g/mol. The lowest BCUT2D eigenvalue weighted by Crippen LogP contribution is -2.13. The number of hydrogen-bond acceptors (Lipinski definition) is 3. The van der Waals surface area contributed by atoms with Gasteiger partial charge in [0.05, 0.1) is 10.2 Å². The lowest BCUT2D eigenvalue weighted by Gasteiger charge is -2.09. The molecule has 104 valence electrons.